The second-order valence-electron chi connectivity index (χ2n) is 4.46. The van der Waals surface area contributed by atoms with Crippen LogP contribution in [-0.4, -0.2) is 40.4 Å². The van der Waals surface area contributed by atoms with Crippen molar-refractivity contribution in [1.29, 1.82) is 0 Å². The first-order valence-corrected chi connectivity index (χ1v) is 5.66. The summed E-state index contributed by atoms with van der Waals surface area (Å²) in [5, 5.41) is 18.8. The van der Waals surface area contributed by atoms with Crippen LogP contribution in [0.1, 0.15) is 11.1 Å². The predicted octanol–water partition coefficient (Wildman–Crippen LogP) is -0.178. The van der Waals surface area contributed by atoms with E-state index < -0.39 is 12.2 Å². The normalized spacial score (nSPS) is 25.4. The number of β-amino-alcohol motifs (C(OH)–C–C–N with tert-alkyl or cyclic N) is 2. The highest BCUT2D eigenvalue weighted by atomic mass is 19.1. The van der Waals surface area contributed by atoms with Gasteiger partial charge in [0.05, 0.1) is 12.2 Å². The van der Waals surface area contributed by atoms with Gasteiger partial charge in [-0.15, -0.1) is 0 Å². The van der Waals surface area contributed by atoms with E-state index >= 15 is 0 Å². The lowest BCUT2D eigenvalue weighted by Crippen LogP contribution is -2.22. The van der Waals surface area contributed by atoms with Gasteiger partial charge in [-0.05, 0) is 11.6 Å². The maximum Gasteiger partial charge on any atom is 0.128 e. The SMILES string of the molecule is NCc1ccc(CN2CC(O)C(O)C2)c(F)c1. The monoisotopic (exact) mass is 240 g/mol. The topological polar surface area (TPSA) is 69.7 Å². The molecule has 1 fully saturated rings. The van der Waals surface area contributed by atoms with Crippen LogP contribution in [0.2, 0.25) is 0 Å². The molecule has 5 heteroatoms. The number of likely N-dealkylation sites (tertiary alicyclic amines) is 1. The Morgan fingerprint density at radius 1 is 1.29 bits per heavy atom. The van der Waals surface area contributed by atoms with E-state index in [9.17, 15) is 14.6 Å². The molecule has 1 saturated heterocycles. The fourth-order valence-corrected chi connectivity index (χ4v) is 2.06. The minimum absolute atomic E-state index is 0.288. The highest BCUT2D eigenvalue weighted by molar-refractivity contribution is 5.24. The zero-order valence-electron chi connectivity index (χ0n) is 9.51. The van der Waals surface area contributed by atoms with Crippen molar-refractivity contribution in [3.8, 4) is 0 Å². The average Bonchev–Trinajstić information content (AvgIpc) is 2.61. The van der Waals surface area contributed by atoms with Gasteiger partial charge in [0.15, 0.2) is 0 Å². The second kappa shape index (κ2) is 5.10. The molecule has 1 heterocycles. The third-order valence-corrected chi connectivity index (χ3v) is 3.08. The molecule has 4 nitrogen and oxygen atoms in total. The van der Waals surface area contributed by atoms with Gasteiger partial charge in [0.1, 0.15) is 5.82 Å². The summed E-state index contributed by atoms with van der Waals surface area (Å²) in [6, 6.07) is 4.92. The van der Waals surface area contributed by atoms with Crippen molar-refractivity contribution in [2.45, 2.75) is 25.3 Å². The molecule has 2 atom stereocenters. The van der Waals surface area contributed by atoms with E-state index in [0.717, 1.165) is 5.56 Å². The van der Waals surface area contributed by atoms with Crippen molar-refractivity contribution in [2.24, 2.45) is 5.73 Å². The van der Waals surface area contributed by atoms with Crippen LogP contribution in [-0.2, 0) is 13.1 Å². The zero-order chi connectivity index (χ0) is 12.4. The molecule has 1 aromatic carbocycles. The third-order valence-electron chi connectivity index (χ3n) is 3.08. The van der Waals surface area contributed by atoms with Crippen molar-refractivity contribution in [3.63, 3.8) is 0 Å². The lowest BCUT2D eigenvalue weighted by molar-refractivity contribution is 0.0572. The van der Waals surface area contributed by atoms with Crippen LogP contribution in [0.15, 0.2) is 18.2 Å². The number of rotatable bonds is 3. The Balaban J connectivity index is 2.04. The Bertz CT molecular complexity index is 390. The molecule has 0 aliphatic carbocycles. The van der Waals surface area contributed by atoms with Gasteiger partial charge >= 0.3 is 0 Å². The molecule has 0 aromatic heterocycles. The maximum atomic E-state index is 13.7. The lowest BCUT2D eigenvalue weighted by atomic mass is 10.1. The molecule has 0 radical (unpaired) electrons. The van der Waals surface area contributed by atoms with Crippen molar-refractivity contribution < 1.29 is 14.6 Å². The van der Waals surface area contributed by atoms with Crippen LogP contribution in [0.3, 0.4) is 0 Å². The molecule has 4 N–H and O–H groups in total. The average molecular weight is 240 g/mol. The van der Waals surface area contributed by atoms with Gasteiger partial charge < -0.3 is 15.9 Å². The van der Waals surface area contributed by atoms with Gasteiger partial charge in [0.2, 0.25) is 0 Å². The molecule has 94 valence electrons. The number of nitrogens with two attached hydrogens (primary N) is 1. The molecule has 1 aromatic rings. The van der Waals surface area contributed by atoms with Crippen molar-refractivity contribution >= 4 is 0 Å². The molecule has 1 aliphatic rings. The number of nitrogens with zero attached hydrogens (tertiary/aromatic N) is 1. The molecule has 1 aliphatic heterocycles. The molecule has 0 saturated carbocycles. The van der Waals surface area contributed by atoms with Gasteiger partial charge in [0.25, 0.3) is 0 Å². The molecular weight excluding hydrogens is 223 g/mol. The van der Waals surface area contributed by atoms with Crippen LogP contribution < -0.4 is 5.73 Å². The lowest BCUT2D eigenvalue weighted by Gasteiger charge is -2.15. The fourth-order valence-electron chi connectivity index (χ4n) is 2.06. The fraction of sp³-hybridized carbons (Fsp3) is 0.500. The molecule has 0 spiro atoms. The Morgan fingerprint density at radius 2 is 1.94 bits per heavy atom. The summed E-state index contributed by atoms with van der Waals surface area (Å²) in [5.74, 6) is -0.288. The van der Waals surface area contributed by atoms with Gasteiger partial charge in [-0.1, -0.05) is 12.1 Å². The van der Waals surface area contributed by atoms with Gasteiger partial charge in [0, 0.05) is 31.7 Å². The van der Waals surface area contributed by atoms with E-state index in [1.54, 1.807) is 12.1 Å². The number of hydrogen-bond acceptors (Lipinski definition) is 4. The smallest absolute Gasteiger partial charge is 0.128 e. The molecule has 2 unspecified atom stereocenters. The minimum Gasteiger partial charge on any atom is -0.389 e. The molecule has 17 heavy (non-hydrogen) atoms. The molecule has 2 rings (SSSR count). The van der Waals surface area contributed by atoms with Gasteiger partial charge in [-0.2, -0.15) is 0 Å². The minimum atomic E-state index is -0.735. The van der Waals surface area contributed by atoms with E-state index in [1.807, 2.05) is 4.90 Å². The number of aliphatic hydroxyl groups excluding tert-OH is 2. The zero-order valence-corrected chi connectivity index (χ0v) is 9.51. The highest BCUT2D eigenvalue weighted by Gasteiger charge is 2.29. The number of aliphatic hydroxyl groups is 2. The molecule has 0 amide bonds. The quantitative estimate of drug-likeness (QED) is 0.685. The van der Waals surface area contributed by atoms with Crippen molar-refractivity contribution in [1.82, 2.24) is 4.90 Å². The summed E-state index contributed by atoms with van der Waals surface area (Å²) in [5.41, 5.74) is 6.74. The number of hydrogen-bond donors (Lipinski definition) is 3. The summed E-state index contributed by atoms with van der Waals surface area (Å²) in [6.45, 7) is 1.46. The Hall–Kier alpha value is -1.01. The Labute approximate surface area is 99.5 Å². The summed E-state index contributed by atoms with van der Waals surface area (Å²) in [7, 11) is 0. The van der Waals surface area contributed by atoms with Crippen LogP contribution in [0.5, 0.6) is 0 Å². The van der Waals surface area contributed by atoms with E-state index in [-0.39, 0.29) is 5.82 Å². The van der Waals surface area contributed by atoms with Crippen LogP contribution in [0, 0.1) is 5.82 Å². The van der Waals surface area contributed by atoms with Crippen LogP contribution in [0.4, 0.5) is 4.39 Å². The second-order valence-corrected chi connectivity index (χ2v) is 4.46. The summed E-state index contributed by atoms with van der Waals surface area (Å²) in [6.07, 6.45) is -1.47. The number of benzene rings is 1. The van der Waals surface area contributed by atoms with E-state index in [4.69, 9.17) is 5.73 Å². The first kappa shape index (κ1) is 12.4. The van der Waals surface area contributed by atoms with Crippen LogP contribution in [0.25, 0.3) is 0 Å². The van der Waals surface area contributed by atoms with Gasteiger partial charge in [-0.3, -0.25) is 4.90 Å². The largest absolute Gasteiger partial charge is 0.389 e. The molecule has 0 bridgehead atoms. The molecular formula is C12H17FN2O2. The third kappa shape index (κ3) is 2.81. The first-order valence-electron chi connectivity index (χ1n) is 5.66. The summed E-state index contributed by atoms with van der Waals surface area (Å²) >= 11 is 0. The van der Waals surface area contributed by atoms with E-state index in [1.165, 1.54) is 6.07 Å². The Kier molecular flexibility index (Phi) is 3.73. The summed E-state index contributed by atoms with van der Waals surface area (Å²) in [4.78, 5) is 1.83. The van der Waals surface area contributed by atoms with Crippen molar-refractivity contribution in [2.75, 3.05) is 13.1 Å². The highest BCUT2D eigenvalue weighted by Crippen LogP contribution is 2.17. The standard InChI is InChI=1S/C12H17FN2O2/c13-10-3-8(4-14)1-2-9(10)5-15-6-11(16)12(17)7-15/h1-3,11-12,16-17H,4-7,14H2. The maximum absolute atomic E-state index is 13.7. The van der Waals surface area contributed by atoms with Crippen LogP contribution >= 0.6 is 0 Å². The van der Waals surface area contributed by atoms with E-state index in [0.29, 0.717) is 31.7 Å². The predicted molar refractivity (Wildman–Crippen MR) is 61.6 cm³/mol. The number of halogens is 1. The summed E-state index contributed by atoms with van der Waals surface area (Å²) < 4.78 is 13.7. The van der Waals surface area contributed by atoms with Crippen molar-refractivity contribution in [3.05, 3.63) is 35.1 Å². The Morgan fingerprint density at radius 3 is 2.47 bits per heavy atom. The van der Waals surface area contributed by atoms with E-state index in [2.05, 4.69) is 0 Å². The first-order chi connectivity index (χ1) is 8.10. The van der Waals surface area contributed by atoms with Gasteiger partial charge in [-0.25, -0.2) is 4.39 Å².